The maximum absolute atomic E-state index is 15.1. The van der Waals surface area contributed by atoms with E-state index in [0.717, 1.165) is 64.1 Å². The second-order valence-corrected chi connectivity index (χ2v) is 14.6. The highest BCUT2D eigenvalue weighted by Crippen LogP contribution is 2.53. The van der Waals surface area contributed by atoms with E-state index in [-0.39, 0.29) is 29.3 Å². The van der Waals surface area contributed by atoms with Crippen molar-refractivity contribution in [1.82, 2.24) is 14.7 Å². The molecule has 0 saturated carbocycles. The number of hydrogen-bond acceptors (Lipinski definition) is 8. The van der Waals surface area contributed by atoms with E-state index in [0.29, 0.717) is 34.7 Å². The molecule has 3 aromatic carbocycles. The van der Waals surface area contributed by atoms with Crippen molar-refractivity contribution in [1.29, 1.82) is 5.26 Å². The fraction of sp³-hybridized carbons (Fsp3) is 0.432. The van der Waals surface area contributed by atoms with Crippen LogP contribution in [0.1, 0.15) is 56.2 Å². The Labute approximate surface area is 287 Å². The van der Waals surface area contributed by atoms with Crippen LogP contribution in [0.4, 0.5) is 10.1 Å². The number of carbonyl (C=O) groups is 2. The van der Waals surface area contributed by atoms with E-state index in [1.54, 1.807) is 36.1 Å². The highest BCUT2D eigenvalue weighted by Gasteiger charge is 2.58. The van der Waals surface area contributed by atoms with Gasteiger partial charge in [0.15, 0.2) is 0 Å². The van der Waals surface area contributed by atoms with Gasteiger partial charge in [0.2, 0.25) is 5.91 Å². The summed E-state index contributed by atoms with van der Waals surface area (Å²) in [7, 11) is -4.79. The number of benzene rings is 3. The molecule has 6 rings (SSSR count). The fourth-order valence-corrected chi connectivity index (χ4v) is 9.18. The molecule has 3 aliphatic rings. The summed E-state index contributed by atoms with van der Waals surface area (Å²) < 4.78 is 50.1. The average molecular weight is 688 g/mol. The normalized spacial score (nSPS) is 20.7. The van der Waals surface area contributed by atoms with Crippen molar-refractivity contribution in [2.45, 2.75) is 55.9 Å². The summed E-state index contributed by atoms with van der Waals surface area (Å²) in [6.45, 7) is 10.4. The summed E-state index contributed by atoms with van der Waals surface area (Å²) in [6.07, 6.45) is 2.31. The van der Waals surface area contributed by atoms with Gasteiger partial charge in [-0.2, -0.15) is 5.26 Å². The molecule has 0 N–H and O–H groups in total. The molecule has 3 heterocycles. The molecule has 0 aromatic heterocycles. The average Bonchev–Trinajstić information content (AvgIpc) is 3.36. The Morgan fingerprint density at radius 2 is 1.65 bits per heavy atom. The SMILES string of the molecule is CCCN1CCN(C2CCN(C(=O)CC3(c4ccccc4OCC)C(=O)N(S(=O)(=O)c4ccccc4F)c4ccc(C#N)cc43)CC2)CC1. The van der Waals surface area contributed by atoms with Crippen molar-refractivity contribution in [2.24, 2.45) is 0 Å². The first-order valence-electron chi connectivity index (χ1n) is 17.0. The number of fused-ring (bicyclic) bond motifs is 1. The zero-order valence-electron chi connectivity index (χ0n) is 28.0. The maximum Gasteiger partial charge on any atom is 0.273 e. The van der Waals surface area contributed by atoms with Crippen LogP contribution in [0.2, 0.25) is 0 Å². The molecule has 1 unspecified atom stereocenters. The molecular weight excluding hydrogens is 646 g/mol. The number of para-hydroxylation sites is 1. The third-order valence-corrected chi connectivity index (χ3v) is 11.8. The topological polar surface area (TPSA) is 114 Å². The number of anilines is 1. The summed E-state index contributed by atoms with van der Waals surface area (Å²) in [6, 6.07) is 18.3. The Balaban J connectivity index is 1.39. The van der Waals surface area contributed by atoms with Gasteiger partial charge in [-0.05, 0) is 74.7 Å². The van der Waals surface area contributed by atoms with Crippen LogP contribution in [-0.2, 0) is 25.0 Å². The quantitative estimate of drug-likeness (QED) is 0.306. The number of sulfonamides is 1. The van der Waals surface area contributed by atoms with E-state index in [4.69, 9.17) is 4.74 Å². The summed E-state index contributed by atoms with van der Waals surface area (Å²) in [4.78, 5) is 35.5. The molecular formula is C37H42FN5O5S. The first-order chi connectivity index (χ1) is 23.6. The van der Waals surface area contributed by atoms with Gasteiger partial charge in [-0.1, -0.05) is 37.3 Å². The third kappa shape index (κ3) is 6.31. The Hall–Kier alpha value is -4.31. The highest BCUT2D eigenvalue weighted by atomic mass is 32.2. The predicted molar refractivity (Wildman–Crippen MR) is 183 cm³/mol. The molecule has 12 heteroatoms. The second kappa shape index (κ2) is 14.3. The fourth-order valence-electron chi connectivity index (χ4n) is 7.63. The molecule has 1 atom stereocenters. The lowest BCUT2D eigenvalue weighted by Crippen LogP contribution is -2.54. The molecule has 258 valence electrons. The molecule has 0 spiro atoms. The molecule has 49 heavy (non-hydrogen) atoms. The maximum atomic E-state index is 15.1. The van der Waals surface area contributed by atoms with Crippen LogP contribution >= 0.6 is 0 Å². The van der Waals surface area contributed by atoms with Crippen LogP contribution in [0.25, 0.3) is 0 Å². The number of nitriles is 1. The largest absolute Gasteiger partial charge is 0.494 e. The number of carbonyl (C=O) groups excluding carboxylic acids is 2. The zero-order valence-corrected chi connectivity index (χ0v) is 28.8. The van der Waals surface area contributed by atoms with Crippen LogP contribution in [-0.4, -0.2) is 93.4 Å². The monoisotopic (exact) mass is 687 g/mol. The van der Waals surface area contributed by atoms with Gasteiger partial charge >= 0.3 is 0 Å². The molecule has 3 aliphatic heterocycles. The minimum atomic E-state index is -4.79. The van der Waals surface area contributed by atoms with Crippen LogP contribution in [0.5, 0.6) is 5.75 Å². The number of halogens is 1. The van der Waals surface area contributed by atoms with Gasteiger partial charge in [-0.25, -0.2) is 17.1 Å². The standard InChI is InChI=1S/C37H42FN5O5S/c1-3-17-40-20-22-41(23-21-40)28-15-18-42(19-16-28)35(44)25-37(29-9-5-7-11-33(29)48-4-2)30-24-27(26-39)13-14-32(30)43(36(37)45)49(46,47)34-12-8-6-10-31(34)38/h5-14,24,28H,3-4,15-23,25H2,1-2H3. The number of piperazine rings is 1. The van der Waals surface area contributed by atoms with E-state index >= 15 is 9.18 Å². The molecule has 2 saturated heterocycles. The van der Waals surface area contributed by atoms with Crippen molar-refractivity contribution in [3.63, 3.8) is 0 Å². The van der Waals surface area contributed by atoms with Gasteiger partial charge in [-0.3, -0.25) is 14.5 Å². The highest BCUT2D eigenvalue weighted by molar-refractivity contribution is 7.93. The number of piperidine rings is 1. The Morgan fingerprint density at radius 3 is 2.33 bits per heavy atom. The second-order valence-electron chi connectivity index (χ2n) is 12.8. The Kier molecular flexibility index (Phi) is 10.1. The molecule has 10 nitrogen and oxygen atoms in total. The van der Waals surface area contributed by atoms with Gasteiger partial charge < -0.3 is 14.5 Å². The minimum absolute atomic E-state index is 0.0349. The zero-order chi connectivity index (χ0) is 34.8. The molecule has 0 bridgehead atoms. The van der Waals surface area contributed by atoms with Crippen LogP contribution in [0.3, 0.4) is 0 Å². The lowest BCUT2D eigenvalue weighted by Gasteiger charge is -2.43. The van der Waals surface area contributed by atoms with E-state index < -0.39 is 38.5 Å². The van der Waals surface area contributed by atoms with E-state index in [1.165, 1.54) is 30.3 Å². The Morgan fingerprint density at radius 1 is 0.959 bits per heavy atom. The van der Waals surface area contributed by atoms with E-state index in [9.17, 15) is 18.5 Å². The molecule has 3 aromatic rings. The summed E-state index contributed by atoms with van der Waals surface area (Å²) in [5, 5.41) is 9.89. The third-order valence-electron chi connectivity index (χ3n) is 10.1. The van der Waals surface area contributed by atoms with Crippen LogP contribution in [0.15, 0.2) is 71.6 Å². The van der Waals surface area contributed by atoms with Gasteiger partial charge in [0.05, 0.1) is 23.9 Å². The minimum Gasteiger partial charge on any atom is -0.494 e. The lowest BCUT2D eigenvalue weighted by atomic mass is 9.71. The van der Waals surface area contributed by atoms with Gasteiger partial charge in [0.1, 0.15) is 21.9 Å². The van der Waals surface area contributed by atoms with Gasteiger partial charge in [-0.15, -0.1) is 0 Å². The van der Waals surface area contributed by atoms with Crippen molar-refractivity contribution in [3.05, 3.63) is 89.2 Å². The number of amides is 2. The number of rotatable bonds is 10. The van der Waals surface area contributed by atoms with Gasteiger partial charge in [0.25, 0.3) is 15.9 Å². The summed E-state index contributed by atoms with van der Waals surface area (Å²) >= 11 is 0. The Bertz CT molecular complexity index is 1860. The molecule has 0 radical (unpaired) electrons. The number of hydrogen-bond donors (Lipinski definition) is 0. The van der Waals surface area contributed by atoms with Crippen molar-refractivity contribution in [3.8, 4) is 11.8 Å². The number of ether oxygens (including phenoxy) is 1. The number of likely N-dealkylation sites (tertiary alicyclic amines) is 1. The smallest absolute Gasteiger partial charge is 0.273 e. The lowest BCUT2D eigenvalue weighted by molar-refractivity contribution is -0.136. The van der Waals surface area contributed by atoms with Crippen LogP contribution < -0.4 is 9.04 Å². The number of nitrogens with zero attached hydrogens (tertiary/aromatic N) is 5. The first kappa shape index (κ1) is 34.5. The molecule has 2 amide bonds. The van der Waals surface area contributed by atoms with E-state index in [2.05, 4.69) is 22.8 Å². The summed E-state index contributed by atoms with van der Waals surface area (Å²) in [5.41, 5.74) is -1.25. The van der Waals surface area contributed by atoms with Crippen molar-refractivity contribution < 1.29 is 27.1 Å². The van der Waals surface area contributed by atoms with Crippen molar-refractivity contribution in [2.75, 3.05) is 56.7 Å². The van der Waals surface area contributed by atoms with E-state index in [1.807, 2.05) is 0 Å². The molecule has 2 fully saturated rings. The van der Waals surface area contributed by atoms with Crippen molar-refractivity contribution >= 4 is 27.5 Å². The first-order valence-corrected chi connectivity index (χ1v) is 18.4. The summed E-state index contributed by atoms with van der Waals surface area (Å²) in [5.74, 6) is -1.94. The predicted octanol–water partition coefficient (Wildman–Crippen LogP) is 4.53. The molecule has 0 aliphatic carbocycles. The van der Waals surface area contributed by atoms with Gasteiger partial charge in [0, 0.05) is 57.3 Å². The van der Waals surface area contributed by atoms with Crippen LogP contribution in [0, 0.1) is 17.1 Å².